The van der Waals surface area contributed by atoms with Gasteiger partial charge in [-0.2, -0.15) is 5.69 Å². The van der Waals surface area contributed by atoms with Crippen molar-refractivity contribution in [2.24, 2.45) is 35.5 Å². The number of ether oxygens (including phenoxy) is 1. The van der Waals surface area contributed by atoms with Gasteiger partial charge in [-0.25, -0.2) is 0 Å². The molecule has 4 nitrogen and oxygen atoms in total. The van der Waals surface area contributed by atoms with Crippen LogP contribution in [0.15, 0.2) is 72.8 Å². The van der Waals surface area contributed by atoms with E-state index in [0.717, 1.165) is 72.9 Å². The van der Waals surface area contributed by atoms with Gasteiger partial charge in [-0.05, 0) is 125 Å². The standard InChI is InChI=1S/C30H42NOP.C12H9N.H2O.Pd/c1-2-4-28(27(3-1)31-5-7-32-8-6-31)33(29-15-21-9-22(16-29)11-23(10-21)17-29)30-18-24-12-25(19-30)14-26(13-24)20-30;13-12-9-5-4-8-11(12)10-6-2-1-3-7-10;;/h1-4,21-26H,5-20H2;1-6,8-9,13H;1H2;/q;-2;;+2/p+1. The summed E-state index contributed by atoms with van der Waals surface area (Å²) in [6, 6.07) is 28.3. The normalized spacial score (nSPS) is 36.0. The molecule has 3 aromatic carbocycles. The van der Waals surface area contributed by atoms with Gasteiger partial charge in [-0.1, -0.05) is 36.4 Å². The van der Waals surface area contributed by atoms with Crippen LogP contribution in [0.1, 0.15) is 77.0 Å². The van der Waals surface area contributed by atoms with Gasteiger partial charge in [-0.15, -0.1) is 41.5 Å². The summed E-state index contributed by atoms with van der Waals surface area (Å²) in [6.07, 6.45) is 19.1. The van der Waals surface area contributed by atoms with E-state index < -0.39 is 7.92 Å². The van der Waals surface area contributed by atoms with Gasteiger partial charge in [0, 0.05) is 21.0 Å². The molecule has 1 heterocycles. The van der Waals surface area contributed by atoms with E-state index >= 15 is 0 Å². The van der Waals surface area contributed by atoms with Crippen LogP contribution < -0.4 is 10.2 Å². The summed E-state index contributed by atoms with van der Waals surface area (Å²) in [4.78, 5) is 2.73. The van der Waals surface area contributed by atoms with Crippen molar-refractivity contribution in [2.45, 2.75) is 87.4 Å². The van der Waals surface area contributed by atoms with Crippen molar-refractivity contribution in [3.05, 3.63) is 84.6 Å². The van der Waals surface area contributed by atoms with E-state index in [4.69, 9.17) is 10.5 Å². The monoisotopic (exact) mass is 755 g/mol. The van der Waals surface area contributed by atoms with Crippen LogP contribution in [-0.4, -0.2) is 42.1 Å². The van der Waals surface area contributed by atoms with Crippen molar-refractivity contribution < 1.29 is 30.6 Å². The van der Waals surface area contributed by atoms with E-state index in [2.05, 4.69) is 35.2 Å². The van der Waals surface area contributed by atoms with Gasteiger partial charge in [0.05, 0.1) is 29.2 Å². The Bertz CT molecular complexity index is 1430. The fourth-order valence-corrected chi connectivity index (χ4v) is 19.0. The van der Waals surface area contributed by atoms with E-state index in [1.807, 2.05) is 47.8 Å². The molecule has 8 saturated carbocycles. The van der Waals surface area contributed by atoms with Gasteiger partial charge in [-0.3, -0.25) is 0 Å². The number of benzene rings is 3. The Balaban J connectivity index is 0.000000207. The van der Waals surface area contributed by atoms with E-state index in [0.29, 0.717) is 16.0 Å². The van der Waals surface area contributed by atoms with Crippen LogP contribution in [0.25, 0.3) is 16.9 Å². The van der Waals surface area contributed by atoms with Crippen LogP contribution in [0.2, 0.25) is 0 Å². The number of hydrogen-bond donors (Lipinski definition) is 0. The Hall–Kier alpha value is -1.73. The number of anilines is 1. The third-order valence-electron chi connectivity index (χ3n) is 13.6. The van der Waals surface area contributed by atoms with Gasteiger partial charge in [0.1, 0.15) is 5.30 Å². The first-order chi connectivity index (χ1) is 22.6. The maximum absolute atomic E-state index is 7.69. The van der Waals surface area contributed by atoms with E-state index in [9.17, 15) is 0 Å². The van der Waals surface area contributed by atoms with Crippen LogP contribution in [0.5, 0.6) is 0 Å². The first kappa shape index (κ1) is 34.7. The fraction of sp³-hybridized carbons (Fsp3) is 0.571. The molecule has 9 fully saturated rings. The summed E-state index contributed by atoms with van der Waals surface area (Å²) in [7, 11) is -0.671. The molecule has 1 aliphatic heterocycles. The predicted octanol–water partition coefficient (Wildman–Crippen LogP) is 9.31. The summed E-state index contributed by atoms with van der Waals surface area (Å²) in [5, 5.41) is 3.29. The molecule has 3 aromatic rings. The Kier molecular flexibility index (Phi) is 10.2. The second-order valence-electron chi connectivity index (χ2n) is 16.7. The quantitative estimate of drug-likeness (QED) is 0.148. The van der Waals surface area contributed by atoms with Crippen molar-refractivity contribution in [3.8, 4) is 11.1 Å². The maximum atomic E-state index is 7.69. The first-order valence-electron chi connectivity index (χ1n) is 18.6. The molecule has 9 aliphatic rings. The molecule has 12 rings (SSSR count). The van der Waals surface area contributed by atoms with Gasteiger partial charge in [0.15, 0.2) is 0 Å². The molecule has 0 amide bonds. The van der Waals surface area contributed by atoms with Crippen molar-refractivity contribution >= 4 is 24.6 Å². The number of hydrogen-bond acceptors (Lipinski definition) is 2. The number of morpholine rings is 1. The molecule has 8 aliphatic carbocycles. The Labute approximate surface area is 303 Å². The Morgan fingerprint density at radius 2 is 1.12 bits per heavy atom. The van der Waals surface area contributed by atoms with Crippen LogP contribution in [0, 0.1) is 41.6 Å². The Morgan fingerprint density at radius 3 is 1.62 bits per heavy atom. The van der Waals surface area contributed by atoms with Gasteiger partial charge in [0.25, 0.3) is 0 Å². The van der Waals surface area contributed by atoms with Crippen LogP contribution in [0.4, 0.5) is 11.4 Å². The Morgan fingerprint density at radius 1 is 0.646 bits per heavy atom. The van der Waals surface area contributed by atoms with E-state index in [-0.39, 0.29) is 25.9 Å². The topological polar surface area (TPSA) is 67.8 Å². The second-order valence-corrected chi connectivity index (χ2v) is 20.1. The van der Waals surface area contributed by atoms with Crippen LogP contribution in [-0.2, 0) is 25.2 Å². The molecule has 0 aromatic heterocycles. The summed E-state index contributed by atoms with van der Waals surface area (Å²) < 4.78 is 5.79. The molecule has 258 valence electrons. The minimum absolute atomic E-state index is 0. The molecular formula is C42H54N2O2PPd+. The average molecular weight is 756 g/mol. The minimum atomic E-state index is -0.671. The minimum Gasteiger partial charge on any atom is -0.706 e. The van der Waals surface area contributed by atoms with Crippen LogP contribution >= 0.6 is 7.92 Å². The van der Waals surface area contributed by atoms with Gasteiger partial charge in [0.2, 0.25) is 0 Å². The molecule has 8 bridgehead atoms. The summed E-state index contributed by atoms with van der Waals surface area (Å²) in [6.45, 7) is 4.00. The smallest absolute Gasteiger partial charge is 0.706 e. The van der Waals surface area contributed by atoms with Gasteiger partial charge < -0.3 is 20.8 Å². The molecule has 0 radical (unpaired) electrons. The number of rotatable bonds is 5. The van der Waals surface area contributed by atoms with E-state index in [1.54, 1.807) is 88.8 Å². The molecule has 0 spiro atoms. The third-order valence-corrected chi connectivity index (χ3v) is 17.9. The molecule has 0 atom stereocenters. The molecular weight excluding hydrogens is 702 g/mol. The zero-order chi connectivity index (χ0) is 30.7. The number of para-hydroxylation sites is 1. The molecule has 48 heavy (non-hydrogen) atoms. The largest absolute Gasteiger partial charge is 2.00 e. The number of nitrogens with one attached hydrogen (secondary N) is 1. The van der Waals surface area contributed by atoms with Crippen LogP contribution in [0.3, 0.4) is 0 Å². The van der Waals surface area contributed by atoms with Crippen molar-refractivity contribution in [2.75, 3.05) is 31.2 Å². The maximum Gasteiger partial charge on any atom is 2.00 e. The van der Waals surface area contributed by atoms with Crippen molar-refractivity contribution in [1.29, 1.82) is 0 Å². The zero-order valence-electron chi connectivity index (χ0n) is 28.4. The zero-order valence-corrected chi connectivity index (χ0v) is 30.9. The molecule has 3 N–H and O–H groups in total. The molecule has 6 heteroatoms. The third kappa shape index (κ3) is 6.35. The SMILES string of the molecule is O.[NH-]c1ccccc1-c1[c-]cccc1.[Pd+2].c1ccc([PH+](C23CC4CC(CC(C4)C2)C3)C23CC4CC(CC(C4)C2)C3)c(N2CCOCC2)c1. The summed E-state index contributed by atoms with van der Waals surface area (Å²) in [5.74, 6) is 6.42. The average Bonchev–Trinajstić information content (AvgIpc) is 3.05. The first-order valence-corrected chi connectivity index (χ1v) is 20.1. The summed E-state index contributed by atoms with van der Waals surface area (Å²) >= 11 is 0. The van der Waals surface area contributed by atoms with Gasteiger partial charge >= 0.3 is 20.4 Å². The van der Waals surface area contributed by atoms with Crippen molar-refractivity contribution in [3.63, 3.8) is 0 Å². The fourth-order valence-electron chi connectivity index (χ4n) is 13.0. The summed E-state index contributed by atoms with van der Waals surface area (Å²) in [5.41, 5.74) is 11.8. The van der Waals surface area contributed by atoms with E-state index in [1.165, 1.54) is 0 Å². The number of nitrogens with zero attached hydrogens (tertiary/aromatic N) is 1. The molecule has 1 saturated heterocycles. The molecule has 0 unspecified atom stereocenters. The van der Waals surface area contributed by atoms with Crippen molar-refractivity contribution in [1.82, 2.24) is 0 Å². The second kappa shape index (κ2) is 14.1. The predicted molar refractivity (Wildman–Crippen MR) is 198 cm³/mol.